The molecule has 0 radical (unpaired) electrons. The number of ether oxygens (including phenoxy) is 1. The highest BCUT2D eigenvalue weighted by atomic mass is 16.5. The van der Waals surface area contributed by atoms with Crippen LogP contribution in [0.3, 0.4) is 0 Å². The second kappa shape index (κ2) is 5.26. The lowest BCUT2D eigenvalue weighted by Crippen LogP contribution is -2.37. The van der Waals surface area contributed by atoms with Gasteiger partial charge in [0.2, 0.25) is 0 Å². The molecule has 2 heteroatoms. The maximum absolute atomic E-state index is 5.70. The van der Waals surface area contributed by atoms with Crippen LogP contribution in [-0.2, 0) is 11.2 Å². The molecule has 104 valence electrons. The van der Waals surface area contributed by atoms with E-state index in [0.29, 0.717) is 5.41 Å². The van der Waals surface area contributed by atoms with Gasteiger partial charge in [0, 0.05) is 24.6 Å². The van der Waals surface area contributed by atoms with Gasteiger partial charge in [0.1, 0.15) is 0 Å². The minimum Gasteiger partial charge on any atom is -0.381 e. The van der Waals surface area contributed by atoms with Crippen molar-refractivity contribution in [3.05, 3.63) is 34.9 Å². The SMILES string of the molecule is Cc1ccc(CC2(CNC3CC3)CCOC2)cc1C. The maximum atomic E-state index is 5.70. The molecule has 1 aliphatic heterocycles. The zero-order valence-electron chi connectivity index (χ0n) is 12.2. The first-order valence-electron chi connectivity index (χ1n) is 7.54. The minimum atomic E-state index is 0.324. The van der Waals surface area contributed by atoms with Crippen LogP contribution in [0.5, 0.6) is 0 Å². The van der Waals surface area contributed by atoms with Gasteiger partial charge >= 0.3 is 0 Å². The highest BCUT2D eigenvalue weighted by Gasteiger charge is 2.36. The Morgan fingerprint density at radius 1 is 1.26 bits per heavy atom. The van der Waals surface area contributed by atoms with Gasteiger partial charge in [0.25, 0.3) is 0 Å². The van der Waals surface area contributed by atoms with Crippen LogP contribution in [0, 0.1) is 19.3 Å². The summed E-state index contributed by atoms with van der Waals surface area (Å²) in [5, 5.41) is 3.71. The third-order valence-electron chi connectivity index (χ3n) is 4.68. The molecular weight excluding hydrogens is 234 g/mol. The monoisotopic (exact) mass is 259 g/mol. The van der Waals surface area contributed by atoms with E-state index in [4.69, 9.17) is 4.74 Å². The van der Waals surface area contributed by atoms with Gasteiger partial charge in [0.05, 0.1) is 6.61 Å². The molecule has 2 nitrogen and oxygen atoms in total. The van der Waals surface area contributed by atoms with Crippen LogP contribution >= 0.6 is 0 Å². The molecule has 0 aromatic heterocycles. The summed E-state index contributed by atoms with van der Waals surface area (Å²) in [7, 11) is 0. The highest BCUT2D eigenvalue weighted by Crippen LogP contribution is 2.33. The normalized spacial score (nSPS) is 26.8. The Morgan fingerprint density at radius 3 is 2.74 bits per heavy atom. The van der Waals surface area contributed by atoms with Crippen molar-refractivity contribution in [1.29, 1.82) is 0 Å². The number of hydrogen-bond donors (Lipinski definition) is 1. The molecule has 1 saturated heterocycles. The number of benzene rings is 1. The maximum Gasteiger partial charge on any atom is 0.0538 e. The molecule has 0 amide bonds. The average molecular weight is 259 g/mol. The summed E-state index contributed by atoms with van der Waals surface area (Å²) in [4.78, 5) is 0. The highest BCUT2D eigenvalue weighted by molar-refractivity contribution is 5.30. The van der Waals surface area contributed by atoms with Gasteiger partial charge in [-0.15, -0.1) is 0 Å². The molecule has 1 aromatic rings. The van der Waals surface area contributed by atoms with Crippen LogP contribution in [0.15, 0.2) is 18.2 Å². The Kier molecular flexibility index (Phi) is 3.64. The summed E-state index contributed by atoms with van der Waals surface area (Å²) in [5.74, 6) is 0. The fraction of sp³-hybridized carbons (Fsp3) is 0.647. The van der Waals surface area contributed by atoms with Gasteiger partial charge in [-0.05, 0) is 56.2 Å². The summed E-state index contributed by atoms with van der Waals surface area (Å²) >= 11 is 0. The van der Waals surface area contributed by atoms with Gasteiger partial charge in [-0.1, -0.05) is 18.2 Å². The van der Waals surface area contributed by atoms with Crippen molar-refractivity contribution in [2.75, 3.05) is 19.8 Å². The molecule has 2 aliphatic rings. The predicted molar refractivity (Wildman–Crippen MR) is 78.5 cm³/mol. The van der Waals surface area contributed by atoms with E-state index in [1.54, 1.807) is 0 Å². The molecule has 0 bridgehead atoms. The van der Waals surface area contributed by atoms with Crippen molar-refractivity contribution in [2.24, 2.45) is 5.41 Å². The van der Waals surface area contributed by atoms with Gasteiger partial charge in [-0.2, -0.15) is 0 Å². The van der Waals surface area contributed by atoms with E-state index >= 15 is 0 Å². The Labute approximate surface area is 116 Å². The lowest BCUT2D eigenvalue weighted by molar-refractivity contribution is 0.149. The Bertz CT molecular complexity index is 445. The quantitative estimate of drug-likeness (QED) is 0.877. The fourth-order valence-electron chi connectivity index (χ4n) is 2.99. The number of rotatable bonds is 5. The average Bonchev–Trinajstić information content (AvgIpc) is 3.12. The second-order valence-electron chi connectivity index (χ2n) is 6.55. The van der Waals surface area contributed by atoms with Crippen molar-refractivity contribution >= 4 is 0 Å². The first kappa shape index (κ1) is 13.1. The van der Waals surface area contributed by atoms with E-state index in [1.165, 1.54) is 36.0 Å². The molecule has 3 rings (SSSR count). The second-order valence-corrected chi connectivity index (χ2v) is 6.55. The van der Waals surface area contributed by atoms with Crippen LogP contribution in [-0.4, -0.2) is 25.8 Å². The van der Waals surface area contributed by atoms with E-state index in [9.17, 15) is 0 Å². The predicted octanol–water partition coefficient (Wildman–Crippen LogP) is 3.00. The summed E-state index contributed by atoms with van der Waals surface area (Å²) in [5.41, 5.74) is 4.58. The molecule has 2 fully saturated rings. The third kappa shape index (κ3) is 3.18. The zero-order valence-corrected chi connectivity index (χ0v) is 12.2. The topological polar surface area (TPSA) is 21.3 Å². The van der Waals surface area contributed by atoms with Crippen LogP contribution in [0.2, 0.25) is 0 Å². The Balaban J connectivity index is 1.70. The molecule has 1 heterocycles. The van der Waals surface area contributed by atoms with Crippen LogP contribution in [0.1, 0.15) is 36.0 Å². The lowest BCUT2D eigenvalue weighted by Gasteiger charge is -2.28. The zero-order chi connectivity index (χ0) is 13.3. The first-order chi connectivity index (χ1) is 9.17. The molecule has 1 aliphatic carbocycles. The molecule has 1 atom stereocenters. The largest absolute Gasteiger partial charge is 0.381 e. The number of hydrogen-bond acceptors (Lipinski definition) is 2. The van der Waals surface area contributed by atoms with Crippen molar-refractivity contribution in [1.82, 2.24) is 5.32 Å². The summed E-state index contributed by atoms with van der Waals surface area (Å²) in [6.45, 7) is 7.35. The van der Waals surface area contributed by atoms with Crippen LogP contribution in [0.25, 0.3) is 0 Å². The minimum absolute atomic E-state index is 0.324. The van der Waals surface area contributed by atoms with Gasteiger partial charge in [-0.3, -0.25) is 0 Å². The Morgan fingerprint density at radius 2 is 2.11 bits per heavy atom. The molecule has 19 heavy (non-hydrogen) atoms. The first-order valence-corrected chi connectivity index (χ1v) is 7.54. The molecule has 1 saturated carbocycles. The van der Waals surface area contributed by atoms with E-state index in [-0.39, 0.29) is 0 Å². The Hall–Kier alpha value is -0.860. The van der Waals surface area contributed by atoms with Crippen molar-refractivity contribution in [3.63, 3.8) is 0 Å². The summed E-state index contributed by atoms with van der Waals surface area (Å²) in [6.07, 6.45) is 5.06. The van der Waals surface area contributed by atoms with E-state index in [0.717, 1.165) is 32.2 Å². The van der Waals surface area contributed by atoms with Gasteiger partial charge in [-0.25, -0.2) is 0 Å². The van der Waals surface area contributed by atoms with Crippen molar-refractivity contribution < 1.29 is 4.74 Å². The number of aryl methyl sites for hydroxylation is 2. The summed E-state index contributed by atoms with van der Waals surface area (Å²) in [6, 6.07) is 7.69. The molecular formula is C17H25NO. The number of nitrogens with one attached hydrogen (secondary N) is 1. The molecule has 1 unspecified atom stereocenters. The standard InChI is InChI=1S/C17H25NO/c1-13-3-4-15(9-14(13)2)10-17(7-8-19-12-17)11-18-16-5-6-16/h3-4,9,16,18H,5-8,10-12H2,1-2H3. The van der Waals surface area contributed by atoms with Crippen molar-refractivity contribution in [3.8, 4) is 0 Å². The van der Waals surface area contributed by atoms with E-state index in [2.05, 4.69) is 37.4 Å². The molecule has 1 N–H and O–H groups in total. The van der Waals surface area contributed by atoms with E-state index < -0.39 is 0 Å². The third-order valence-corrected chi connectivity index (χ3v) is 4.68. The molecule has 1 aromatic carbocycles. The van der Waals surface area contributed by atoms with Gasteiger partial charge < -0.3 is 10.1 Å². The van der Waals surface area contributed by atoms with Crippen molar-refractivity contribution in [2.45, 2.75) is 45.6 Å². The van der Waals surface area contributed by atoms with E-state index in [1.807, 2.05) is 0 Å². The van der Waals surface area contributed by atoms with Gasteiger partial charge in [0.15, 0.2) is 0 Å². The van der Waals surface area contributed by atoms with Crippen LogP contribution in [0.4, 0.5) is 0 Å². The molecule has 0 spiro atoms. The summed E-state index contributed by atoms with van der Waals surface area (Å²) < 4.78 is 5.70. The smallest absolute Gasteiger partial charge is 0.0538 e. The van der Waals surface area contributed by atoms with Crippen LogP contribution < -0.4 is 5.32 Å². The fourth-order valence-corrected chi connectivity index (χ4v) is 2.99. The lowest BCUT2D eigenvalue weighted by atomic mass is 9.80.